The number of amides is 1. The number of ether oxygens (including phenoxy) is 1. The lowest BCUT2D eigenvalue weighted by atomic mass is 10.1. The second-order valence-electron chi connectivity index (χ2n) is 5.77. The van der Waals surface area contributed by atoms with Gasteiger partial charge in [-0.15, -0.1) is 0 Å². The second-order valence-corrected chi connectivity index (χ2v) is 5.77. The molecule has 0 fully saturated rings. The first-order valence-corrected chi connectivity index (χ1v) is 8.09. The predicted octanol–water partition coefficient (Wildman–Crippen LogP) is 3.59. The van der Waals surface area contributed by atoms with Gasteiger partial charge in [0.15, 0.2) is 6.61 Å². The van der Waals surface area contributed by atoms with Crippen LogP contribution in [0.4, 0.5) is 5.69 Å². The van der Waals surface area contributed by atoms with Crippen molar-refractivity contribution < 1.29 is 14.3 Å². The summed E-state index contributed by atoms with van der Waals surface area (Å²) in [6.07, 6.45) is 0.995. The predicted molar refractivity (Wildman–Crippen MR) is 95.0 cm³/mol. The monoisotopic (exact) mass is 325 g/mol. The molecule has 1 amide bonds. The number of carbonyl (C=O) groups excluding carboxylic acids is 2. The molecular weight excluding hydrogens is 302 g/mol. The summed E-state index contributed by atoms with van der Waals surface area (Å²) in [7, 11) is 0. The molecule has 0 heterocycles. The van der Waals surface area contributed by atoms with E-state index in [1.807, 2.05) is 63.2 Å². The van der Waals surface area contributed by atoms with Crippen molar-refractivity contribution in [3.05, 3.63) is 64.7 Å². The van der Waals surface area contributed by atoms with Crippen LogP contribution in [0.15, 0.2) is 42.5 Å². The molecule has 0 aromatic heterocycles. The normalized spacial score (nSPS) is 10.3. The van der Waals surface area contributed by atoms with Gasteiger partial charge in [0.1, 0.15) is 0 Å². The van der Waals surface area contributed by atoms with Gasteiger partial charge in [-0.3, -0.25) is 9.59 Å². The fourth-order valence-electron chi connectivity index (χ4n) is 2.54. The highest BCUT2D eigenvalue weighted by molar-refractivity contribution is 5.94. The molecule has 0 aliphatic heterocycles. The van der Waals surface area contributed by atoms with Crippen LogP contribution in [0.3, 0.4) is 0 Å². The standard InChI is InChI=1S/C20H23NO3/c1-4-16-11-7-9-15(3)20(16)21-18(22)13-24-19(23)12-17-10-6-5-8-14(17)2/h5-11H,4,12-13H2,1-3H3,(H,21,22). The maximum atomic E-state index is 12.1. The first-order chi connectivity index (χ1) is 11.5. The summed E-state index contributed by atoms with van der Waals surface area (Å²) in [4.78, 5) is 24.0. The van der Waals surface area contributed by atoms with E-state index in [9.17, 15) is 9.59 Å². The number of esters is 1. The highest BCUT2D eigenvalue weighted by atomic mass is 16.5. The lowest BCUT2D eigenvalue weighted by molar-refractivity contribution is -0.146. The third-order valence-electron chi connectivity index (χ3n) is 3.96. The molecule has 1 N–H and O–H groups in total. The Labute approximate surface area is 142 Å². The third-order valence-corrected chi connectivity index (χ3v) is 3.96. The molecule has 24 heavy (non-hydrogen) atoms. The Balaban J connectivity index is 1.90. The average Bonchev–Trinajstić information content (AvgIpc) is 2.57. The van der Waals surface area contributed by atoms with E-state index in [0.29, 0.717) is 0 Å². The van der Waals surface area contributed by atoms with E-state index < -0.39 is 5.97 Å². The molecule has 0 atom stereocenters. The van der Waals surface area contributed by atoms with Gasteiger partial charge >= 0.3 is 5.97 Å². The number of hydrogen-bond acceptors (Lipinski definition) is 3. The molecule has 2 rings (SSSR count). The molecule has 0 unspecified atom stereocenters. The summed E-state index contributed by atoms with van der Waals surface area (Å²) in [5.74, 6) is -0.725. The van der Waals surface area contributed by atoms with Gasteiger partial charge in [-0.2, -0.15) is 0 Å². The topological polar surface area (TPSA) is 55.4 Å². The van der Waals surface area contributed by atoms with Crippen molar-refractivity contribution >= 4 is 17.6 Å². The van der Waals surface area contributed by atoms with Gasteiger partial charge in [0.05, 0.1) is 6.42 Å². The molecular formula is C20H23NO3. The minimum absolute atomic E-state index is 0.171. The van der Waals surface area contributed by atoms with Gasteiger partial charge in [-0.1, -0.05) is 49.4 Å². The molecule has 0 aliphatic rings. The zero-order valence-corrected chi connectivity index (χ0v) is 14.4. The number of aryl methyl sites for hydroxylation is 3. The molecule has 0 radical (unpaired) electrons. The number of nitrogens with one attached hydrogen (secondary N) is 1. The van der Waals surface area contributed by atoms with E-state index in [1.54, 1.807) is 0 Å². The van der Waals surface area contributed by atoms with Gasteiger partial charge < -0.3 is 10.1 Å². The van der Waals surface area contributed by atoms with Gasteiger partial charge in [0.25, 0.3) is 5.91 Å². The van der Waals surface area contributed by atoms with Crippen LogP contribution in [0.1, 0.15) is 29.2 Å². The fraction of sp³-hybridized carbons (Fsp3) is 0.300. The smallest absolute Gasteiger partial charge is 0.310 e. The molecule has 0 bridgehead atoms. The first kappa shape index (κ1) is 17.7. The van der Waals surface area contributed by atoms with Crippen LogP contribution in [0.2, 0.25) is 0 Å². The zero-order valence-electron chi connectivity index (χ0n) is 14.4. The first-order valence-electron chi connectivity index (χ1n) is 8.09. The summed E-state index contributed by atoms with van der Waals surface area (Å²) >= 11 is 0. The maximum Gasteiger partial charge on any atom is 0.310 e. The zero-order chi connectivity index (χ0) is 17.5. The van der Waals surface area contributed by atoms with Gasteiger partial charge in [-0.25, -0.2) is 0 Å². The van der Waals surface area contributed by atoms with Gasteiger partial charge in [0, 0.05) is 5.69 Å². The highest BCUT2D eigenvalue weighted by Gasteiger charge is 2.12. The molecule has 0 spiro atoms. The number of anilines is 1. The van der Waals surface area contributed by atoms with Crippen molar-refractivity contribution in [1.82, 2.24) is 0 Å². The highest BCUT2D eigenvalue weighted by Crippen LogP contribution is 2.20. The Hall–Kier alpha value is -2.62. The quantitative estimate of drug-likeness (QED) is 0.826. The number of para-hydroxylation sites is 1. The van der Waals surface area contributed by atoms with Gasteiger partial charge in [0.2, 0.25) is 0 Å². The van der Waals surface area contributed by atoms with Crippen molar-refractivity contribution in [2.24, 2.45) is 0 Å². The Kier molecular flexibility index (Phi) is 6.13. The van der Waals surface area contributed by atoms with Crippen LogP contribution in [0, 0.1) is 13.8 Å². The minimum atomic E-state index is -0.403. The fourth-order valence-corrected chi connectivity index (χ4v) is 2.54. The van der Waals surface area contributed by atoms with Crippen LogP contribution >= 0.6 is 0 Å². The van der Waals surface area contributed by atoms with Crippen LogP contribution in [-0.4, -0.2) is 18.5 Å². The molecule has 2 aromatic rings. The van der Waals surface area contributed by atoms with Crippen LogP contribution in [0.25, 0.3) is 0 Å². The van der Waals surface area contributed by atoms with Crippen molar-refractivity contribution in [3.63, 3.8) is 0 Å². The number of hydrogen-bond donors (Lipinski definition) is 1. The average molecular weight is 325 g/mol. The molecule has 0 aliphatic carbocycles. The molecule has 4 heteroatoms. The molecule has 0 saturated carbocycles. The SMILES string of the molecule is CCc1cccc(C)c1NC(=O)COC(=O)Cc1ccccc1C. The lowest BCUT2D eigenvalue weighted by Crippen LogP contribution is -2.22. The van der Waals surface area contributed by atoms with E-state index in [1.165, 1.54) is 0 Å². The van der Waals surface area contributed by atoms with E-state index >= 15 is 0 Å². The maximum absolute atomic E-state index is 12.1. The molecule has 2 aromatic carbocycles. The van der Waals surface area contributed by atoms with Gasteiger partial charge in [-0.05, 0) is 42.5 Å². The summed E-state index contributed by atoms with van der Waals surface area (Å²) in [5, 5.41) is 2.84. The van der Waals surface area contributed by atoms with Crippen LogP contribution < -0.4 is 5.32 Å². The van der Waals surface area contributed by atoms with E-state index in [-0.39, 0.29) is 18.9 Å². The Bertz CT molecular complexity index is 737. The molecule has 126 valence electrons. The van der Waals surface area contributed by atoms with Crippen molar-refractivity contribution in [1.29, 1.82) is 0 Å². The lowest BCUT2D eigenvalue weighted by Gasteiger charge is -2.13. The van der Waals surface area contributed by atoms with E-state index in [2.05, 4.69) is 5.32 Å². The summed E-state index contributed by atoms with van der Waals surface area (Å²) in [6.45, 7) is 5.65. The van der Waals surface area contributed by atoms with E-state index in [4.69, 9.17) is 4.74 Å². The van der Waals surface area contributed by atoms with Crippen LogP contribution in [0.5, 0.6) is 0 Å². The molecule has 0 saturated heterocycles. The second kappa shape index (κ2) is 8.29. The minimum Gasteiger partial charge on any atom is -0.455 e. The number of rotatable bonds is 6. The summed E-state index contributed by atoms with van der Waals surface area (Å²) < 4.78 is 5.10. The largest absolute Gasteiger partial charge is 0.455 e. The third kappa shape index (κ3) is 4.69. The molecule has 4 nitrogen and oxygen atoms in total. The number of carbonyl (C=O) groups is 2. The summed E-state index contributed by atoms with van der Waals surface area (Å²) in [5.41, 5.74) is 4.81. The Morgan fingerprint density at radius 2 is 1.62 bits per heavy atom. The van der Waals surface area contributed by atoms with Crippen molar-refractivity contribution in [3.8, 4) is 0 Å². The number of benzene rings is 2. The Morgan fingerprint density at radius 3 is 2.33 bits per heavy atom. The van der Waals surface area contributed by atoms with E-state index in [0.717, 1.165) is 34.4 Å². The van der Waals surface area contributed by atoms with Crippen molar-refractivity contribution in [2.45, 2.75) is 33.6 Å². The Morgan fingerprint density at radius 1 is 0.958 bits per heavy atom. The van der Waals surface area contributed by atoms with Crippen LogP contribution in [-0.2, 0) is 27.2 Å². The summed E-state index contributed by atoms with van der Waals surface area (Å²) in [6, 6.07) is 13.5. The van der Waals surface area contributed by atoms with Crippen molar-refractivity contribution in [2.75, 3.05) is 11.9 Å².